The molecule has 0 N–H and O–H groups in total. The molecule has 0 radical (unpaired) electrons. The number of hydrogen-bond donors (Lipinski definition) is 0. The van der Waals surface area contributed by atoms with Gasteiger partial charge < -0.3 is 4.74 Å². The lowest BCUT2D eigenvalue weighted by molar-refractivity contribution is -0.144. The van der Waals surface area contributed by atoms with Gasteiger partial charge in [-0.05, 0) is 23.8 Å². The van der Waals surface area contributed by atoms with Crippen LogP contribution in [0.4, 0.5) is 4.39 Å². The summed E-state index contributed by atoms with van der Waals surface area (Å²) in [5, 5.41) is 0. The third-order valence-electron chi connectivity index (χ3n) is 3.20. The van der Waals surface area contributed by atoms with Crippen molar-refractivity contribution < 1.29 is 13.9 Å². The second-order valence-electron chi connectivity index (χ2n) is 4.49. The minimum Gasteiger partial charge on any atom is -0.423 e. The Kier molecular flexibility index (Phi) is 2.90. The number of para-hydroxylation sites is 1. The molecule has 1 aliphatic heterocycles. The Morgan fingerprint density at radius 3 is 2.53 bits per heavy atom. The number of alkyl halides is 1. The average molecular weight is 321 g/mol. The SMILES string of the molecule is O=C1Oc2ccccc2C1(F)Cc1ccc(Br)cc1. The van der Waals surface area contributed by atoms with Gasteiger partial charge in [0, 0.05) is 16.5 Å². The highest BCUT2D eigenvalue weighted by Crippen LogP contribution is 2.43. The lowest BCUT2D eigenvalue weighted by atomic mass is 9.90. The Morgan fingerprint density at radius 2 is 1.79 bits per heavy atom. The molecular weight excluding hydrogens is 311 g/mol. The zero-order valence-corrected chi connectivity index (χ0v) is 11.5. The van der Waals surface area contributed by atoms with Crippen molar-refractivity contribution in [1.82, 2.24) is 0 Å². The van der Waals surface area contributed by atoms with Gasteiger partial charge in [-0.15, -0.1) is 0 Å². The van der Waals surface area contributed by atoms with Gasteiger partial charge in [0.25, 0.3) is 0 Å². The van der Waals surface area contributed by atoms with Crippen molar-refractivity contribution in [2.24, 2.45) is 0 Å². The minimum absolute atomic E-state index is 0.0177. The Morgan fingerprint density at radius 1 is 1.11 bits per heavy atom. The summed E-state index contributed by atoms with van der Waals surface area (Å²) in [6.45, 7) is 0. The lowest BCUT2D eigenvalue weighted by Gasteiger charge is -2.16. The first-order valence-corrected chi connectivity index (χ1v) is 6.64. The second kappa shape index (κ2) is 4.46. The van der Waals surface area contributed by atoms with E-state index in [0.29, 0.717) is 11.3 Å². The number of esters is 1. The molecule has 1 aliphatic rings. The molecule has 0 fully saturated rings. The number of carbonyl (C=O) groups excluding carboxylic acids is 1. The Labute approximate surface area is 118 Å². The van der Waals surface area contributed by atoms with Crippen LogP contribution in [0.2, 0.25) is 0 Å². The van der Waals surface area contributed by atoms with Crippen LogP contribution >= 0.6 is 15.9 Å². The molecule has 0 saturated heterocycles. The smallest absolute Gasteiger partial charge is 0.354 e. The number of rotatable bonds is 2. The molecule has 2 aromatic carbocycles. The van der Waals surface area contributed by atoms with Gasteiger partial charge in [-0.3, -0.25) is 0 Å². The van der Waals surface area contributed by atoms with Gasteiger partial charge in [0.2, 0.25) is 5.67 Å². The zero-order valence-electron chi connectivity index (χ0n) is 9.90. The molecule has 0 amide bonds. The minimum atomic E-state index is -2.09. The number of carbonyl (C=O) groups is 1. The molecule has 96 valence electrons. The first-order chi connectivity index (χ1) is 9.09. The average Bonchev–Trinajstić information content (AvgIpc) is 2.65. The van der Waals surface area contributed by atoms with Crippen LogP contribution in [0, 0.1) is 0 Å². The van der Waals surface area contributed by atoms with E-state index in [9.17, 15) is 9.18 Å². The van der Waals surface area contributed by atoms with Gasteiger partial charge in [0.1, 0.15) is 5.75 Å². The van der Waals surface area contributed by atoms with E-state index in [1.165, 1.54) is 0 Å². The molecule has 2 aromatic rings. The van der Waals surface area contributed by atoms with Crippen molar-refractivity contribution in [3.05, 3.63) is 64.1 Å². The number of benzene rings is 2. The topological polar surface area (TPSA) is 26.3 Å². The fourth-order valence-corrected chi connectivity index (χ4v) is 2.49. The Balaban J connectivity index is 1.99. The van der Waals surface area contributed by atoms with Gasteiger partial charge in [0.15, 0.2) is 0 Å². The van der Waals surface area contributed by atoms with Crippen LogP contribution in [0.1, 0.15) is 11.1 Å². The van der Waals surface area contributed by atoms with Crippen LogP contribution in [0.3, 0.4) is 0 Å². The van der Waals surface area contributed by atoms with Crippen LogP contribution in [-0.2, 0) is 16.9 Å². The molecule has 0 aliphatic carbocycles. The van der Waals surface area contributed by atoms with Gasteiger partial charge in [0.05, 0.1) is 0 Å². The van der Waals surface area contributed by atoms with E-state index >= 15 is 0 Å². The highest BCUT2D eigenvalue weighted by Gasteiger charge is 2.49. The molecule has 1 unspecified atom stereocenters. The summed E-state index contributed by atoms with van der Waals surface area (Å²) in [6.07, 6.45) is -0.0177. The third kappa shape index (κ3) is 2.06. The quantitative estimate of drug-likeness (QED) is 0.622. The van der Waals surface area contributed by atoms with Crippen LogP contribution < -0.4 is 4.74 Å². The van der Waals surface area contributed by atoms with E-state index in [4.69, 9.17) is 4.74 Å². The number of fused-ring (bicyclic) bond motifs is 1. The Bertz CT molecular complexity index is 639. The fraction of sp³-hybridized carbons (Fsp3) is 0.133. The van der Waals surface area contributed by atoms with Crippen molar-refractivity contribution >= 4 is 21.9 Å². The summed E-state index contributed by atoms with van der Waals surface area (Å²) in [6, 6.07) is 13.9. The van der Waals surface area contributed by atoms with Crippen LogP contribution in [-0.4, -0.2) is 5.97 Å². The number of ether oxygens (including phenoxy) is 1. The van der Waals surface area contributed by atoms with Crippen molar-refractivity contribution in [3.8, 4) is 5.75 Å². The van der Waals surface area contributed by atoms with Gasteiger partial charge in [-0.2, -0.15) is 0 Å². The summed E-state index contributed by atoms with van der Waals surface area (Å²) in [5.74, 6) is -0.524. The van der Waals surface area contributed by atoms with Gasteiger partial charge in [-0.1, -0.05) is 46.3 Å². The molecule has 1 heterocycles. The molecular formula is C15H10BrFO2. The molecule has 0 spiro atoms. The molecule has 0 bridgehead atoms. The summed E-state index contributed by atoms with van der Waals surface area (Å²) in [4.78, 5) is 11.8. The van der Waals surface area contributed by atoms with E-state index < -0.39 is 11.6 Å². The van der Waals surface area contributed by atoms with Gasteiger partial charge >= 0.3 is 5.97 Å². The number of hydrogen-bond acceptors (Lipinski definition) is 2. The van der Waals surface area contributed by atoms with Crippen molar-refractivity contribution in [2.45, 2.75) is 12.1 Å². The summed E-state index contributed by atoms with van der Waals surface area (Å²) >= 11 is 3.32. The van der Waals surface area contributed by atoms with Crippen molar-refractivity contribution in [3.63, 3.8) is 0 Å². The fourth-order valence-electron chi connectivity index (χ4n) is 2.22. The first-order valence-electron chi connectivity index (χ1n) is 5.85. The normalized spacial score (nSPS) is 21.1. The maximum Gasteiger partial charge on any atom is 0.354 e. The van der Waals surface area contributed by atoms with Crippen LogP contribution in [0.5, 0.6) is 5.75 Å². The van der Waals surface area contributed by atoms with Crippen LogP contribution in [0.25, 0.3) is 0 Å². The molecule has 2 nitrogen and oxygen atoms in total. The van der Waals surface area contributed by atoms with E-state index in [0.717, 1.165) is 10.0 Å². The highest BCUT2D eigenvalue weighted by molar-refractivity contribution is 9.10. The highest BCUT2D eigenvalue weighted by atomic mass is 79.9. The summed E-state index contributed by atoms with van der Waals surface area (Å²) < 4.78 is 20.9. The van der Waals surface area contributed by atoms with Crippen molar-refractivity contribution in [2.75, 3.05) is 0 Å². The van der Waals surface area contributed by atoms with E-state index in [1.54, 1.807) is 36.4 Å². The molecule has 0 aromatic heterocycles. The lowest BCUT2D eigenvalue weighted by Crippen LogP contribution is -2.31. The second-order valence-corrected chi connectivity index (χ2v) is 5.41. The summed E-state index contributed by atoms with van der Waals surface area (Å²) in [7, 11) is 0. The monoisotopic (exact) mass is 320 g/mol. The largest absolute Gasteiger partial charge is 0.423 e. The zero-order chi connectivity index (χ0) is 13.5. The molecule has 0 saturated carbocycles. The standard InChI is InChI=1S/C15H10BrFO2/c16-11-7-5-10(6-8-11)9-15(17)12-3-1-2-4-13(12)19-14(15)18/h1-8H,9H2. The van der Waals surface area contributed by atoms with E-state index in [1.807, 2.05) is 12.1 Å². The number of halogens is 2. The predicted molar refractivity (Wildman–Crippen MR) is 72.7 cm³/mol. The summed E-state index contributed by atoms with van der Waals surface area (Å²) in [5.41, 5.74) is -1.04. The molecule has 1 atom stereocenters. The third-order valence-corrected chi connectivity index (χ3v) is 3.73. The Hall–Kier alpha value is -1.68. The van der Waals surface area contributed by atoms with Crippen molar-refractivity contribution in [1.29, 1.82) is 0 Å². The first kappa shape index (κ1) is 12.4. The molecule has 19 heavy (non-hydrogen) atoms. The van der Waals surface area contributed by atoms with E-state index in [2.05, 4.69) is 15.9 Å². The maximum atomic E-state index is 15.0. The molecule has 4 heteroatoms. The van der Waals surface area contributed by atoms with E-state index in [-0.39, 0.29) is 6.42 Å². The predicted octanol–water partition coefficient (Wildman–Crippen LogP) is 3.78. The molecule has 3 rings (SSSR count). The van der Waals surface area contributed by atoms with Gasteiger partial charge in [-0.25, -0.2) is 9.18 Å². The maximum absolute atomic E-state index is 15.0. The van der Waals surface area contributed by atoms with Crippen LogP contribution in [0.15, 0.2) is 53.0 Å².